The summed E-state index contributed by atoms with van der Waals surface area (Å²) in [6, 6.07) is 0.233. The molecule has 1 rings (SSSR count). The highest BCUT2D eigenvalue weighted by Gasteiger charge is 2.24. The number of thioether (sulfide) groups is 1. The molecule has 0 aromatic heterocycles. The molecule has 0 aromatic rings. The van der Waals surface area contributed by atoms with Gasteiger partial charge < -0.3 is 10.0 Å². The van der Waals surface area contributed by atoms with E-state index < -0.39 is 12.4 Å². The van der Waals surface area contributed by atoms with Gasteiger partial charge in [-0.05, 0) is 12.2 Å². The first-order chi connectivity index (χ1) is 6.11. The first kappa shape index (κ1) is 10.4. The van der Waals surface area contributed by atoms with Crippen LogP contribution >= 0.6 is 11.8 Å². The molecule has 1 heterocycles. The number of carbonyl (C=O) groups excluding carboxylic acids is 1. The smallest absolute Gasteiger partial charge is 0.312 e. The number of amides is 1. The zero-order chi connectivity index (χ0) is 9.84. The van der Waals surface area contributed by atoms with Gasteiger partial charge in [-0.25, -0.2) is 0 Å². The molecule has 1 aliphatic heterocycles. The third kappa shape index (κ3) is 2.91. The minimum atomic E-state index is -1.05. The SMILES string of the molecule is CN(C(=O)CC(=O)O)C1CCSC1. The number of rotatable bonds is 3. The van der Waals surface area contributed by atoms with Crippen LogP contribution in [0.5, 0.6) is 0 Å². The Labute approximate surface area is 81.3 Å². The number of hydrogen-bond donors (Lipinski definition) is 1. The molecule has 4 nitrogen and oxygen atoms in total. The highest BCUT2D eigenvalue weighted by molar-refractivity contribution is 7.99. The fraction of sp³-hybridized carbons (Fsp3) is 0.750. The third-order valence-corrected chi connectivity index (χ3v) is 3.29. The molecular formula is C8H13NO3S. The summed E-state index contributed by atoms with van der Waals surface area (Å²) in [5, 5.41) is 8.42. The fourth-order valence-electron chi connectivity index (χ4n) is 1.29. The van der Waals surface area contributed by atoms with E-state index in [0.717, 1.165) is 17.9 Å². The van der Waals surface area contributed by atoms with E-state index in [2.05, 4.69) is 0 Å². The molecule has 74 valence electrons. The second-order valence-corrected chi connectivity index (χ2v) is 4.24. The van der Waals surface area contributed by atoms with Gasteiger partial charge in [0.2, 0.25) is 5.91 Å². The van der Waals surface area contributed by atoms with E-state index in [1.54, 1.807) is 23.7 Å². The fourth-order valence-corrected chi connectivity index (χ4v) is 2.55. The summed E-state index contributed by atoms with van der Waals surface area (Å²) in [4.78, 5) is 23.1. The summed E-state index contributed by atoms with van der Waals surface area (Å²) in [6.45, 7) is 0. The Morgan fingerprint density at radius 3 is 2.77 bits per heavy atom. The predicted octanol–water partition coefficient (Wildman–Crippen LogP) is 0.425. The van der Waals surface area contributed by atoms with Gasteiger partial charge in [0.1, 0.15) is 6.42 Å². The first-order valence-electron chi connectivity index (χ1n) is 4.16. The van der Waals surface area contributed by atoms with Crippen LogP contribution < -0.4 is 0 Å². The van der Waals surface area contributed by atoms with Crippen molar-refractivity contribution in [2.45, 2.75) is 18.9 Å². The van der Waals surface area contributed by atoms with Crippen LogP contribution in [0.2, 0.25) is 0 Å². The minimum Gasteiger partial charge on any atom is -0.481 e. The van der Waals surface area contributed by atoms with Crippen molar-refractivity contribution >= 4 is 23.6 Å². The van der Waals surface area contributed by atoms with Crippen LogP contribution in [0.1, 0.15) is 12.8 Å². The van der Waals surface area contributed by atoms with Crippen LogP contribution in [0.25, 0.3) is 0 Å². The van der Waals surface area contributed by atoms with E-state index in [9.17, 15) is 9.59 Å². The standard InChI is InChI=1S/C8H13NO3S/c1-9(6-2-3-13-5-6)7(10)4-8(11)12/h6H,2-5H2,1H3,(H,11,12). The number of nitrogens with zero attached hydrogens (tertiary/aromatic N) is 1. The van der Waals surface area contributed by atoms with Crippen LogP contribution in [0, 0.1) is 0 Å². The third-order valence-electron chi connectivity index (χ3n) is 2.15. The van der Waals surface area contributed by atoms with Gasteiger partial charge in [0.15, 0.2) is 0 Å². The highest BCUT2D eigenvalue weighted by Crippen LogP contribution is 2.21. The van der Waals surface area contributed by atoms with Crippen LogP contribution in [0.4, 0.5) is 0 Å². The van der Waals surface area contributed by atoms with Gasteiger partial charge in [0.25, 0.3) is 0 Å². The van der Waals surface area contributed by atoms with Gasteiger partial charge in [0, 0.05) is 18.8 Å². The van der Waals surface area contributed by atoms with Crippen molar-refractivity contribution in [1.82, 2.24) is 4.90 Å². The number of aliphatic carboxylic acids is 1. The molecule has 1 fully saturated rings. The Morgan fingerprint density at radius 2 is 2.31 bits per heavy atom. The topological polar surface area (TPSA) is 57.6 Å². The predicted molar refractivity (Wildman–Crippen MR) is 50.8 cm³/mol. The summed E-state index contributed by atoms with van der Waals surface area (Å²) >= 11 is 1.81. The van der Waals surface area contributed by atoms with Gasteiger partial charge in [-0.2, -0.15) is 11.8 Å². The minimum absolute atomic E-state index is 0.233. The van der Waals surface area contributed by atoms with E-state index in [4.69, 9.17) is 5.11 Å². The number of hydrogen-bond acceptors (Lipinski definition) is 3. The largest absolute Gasteiger partial charge is 0.481 e. The maximum Gasteiger partial charge on any atom is 0.312 e. The molecule has 1 aliphatic rings. The van der Waals surface area contributed by atoms with Crippen molar-refractivity contribution < 1.29 is 14.7 Å². The lowest BCUT2D eigenvalue weighted by Crippen LogP contribution is -2.37. The van der Waals surface area contributed by atoms with E-state index in [0.29, 0.717) is 0 Å². The Balaban J connectivity index is 2.41. The molecular weight excluding hydrogens is 190 g/mol. The number of carboxylic acids is 1. The Kier molecular flexibility index (Phi) is 3.59. The van der Waals surface area contributed by atoms with E-state index >= 15 is 0 Å². The molecule has 5 heteroatoms. The van der Waals surface area contributed by atoms with E-state index in [-0.39, 0.29) is 11.9 Å². The second-order valence-electron chi connectivity index (χ2n) is 3.09. The van der Waals surface area contributed by atoms with Gasteiger partial charge >= 0.3 is 5.97 Å². The maximum absolute atomic E-state index is 11.3. The molecule has 0 saturated carbocycles. The number of carbonyl (C=O) groups is 2. The van der Waals surface area contributed by atoms with Crippen molar-refractivity contribution in [2.75, 3.05) is 18.6 Å². The van der Waals surface area contributed by atoms with E-state index in [1.165, 1.54) is 0 Å². The lowest BCUT2D eigenvalue weighted by atomic mass is 10.2. The zero-order valence-electron chi connectivity index (χ0n) is 7.52. The van der Waals surface area contributed by atoms with Crippen molar-refractivity contribution in [1.29, 1.82) is 0 Å². The Bertz CT molecular complexity index is 213. The molecule has 1 unspecified atom stereocenters. The maximum atomic E-state index is 11.3. The van der Waals surface area contributed by atoms with Crippen molar-refractivity contribution in [3.63, 3.8) is 0 Å². The van der Waals surface area contributed by atoms with Crippen molar-refractivity contribution in [3.8, 4) is 0 Å². The molecule has 13 heavy (non-hydrogen) atoms. The molecule has 1 saturated heterocycles. The average Bonchev–Trinajstić information content (AvgIpc) is 2.53. The quantitative estimate of drug-likeness (QED) is 0.676. The average molecular weight is 203 g/mol. The lowest BCUT2D eigenvalue weighted by Gasteiger charge is -2.22. The molecule has 0 radical (unpaired) electrons. The van der Waals surface area contributed by atoms with Gasteiger partial charge in [-0.1, -0.05) is 0 Å². The molecule has 1 atom stereocenters. The monoisotopic (exact) mass is 203 g/mol. The van der Waals surface area contributed by atoms with Gasteiger partial charge in [0.05, 0.1) is 0 Å². The van der Waals surface area contributed by atoms with Crippen LogP contribution in [-0.4, -0.2) is 46.5 Å². The molecule has 0 aromatic carbocycles. The molecule has 0 spiro atoms. The molecule has 0 bridgehead atoms. The lowest BCUT2D eigenvalue weighted by molar-refractivity contribution is -0.144. The Morgan fingerprint density at radius 1 is 1.62 bits per heavy atom. The summed E-state index contributed by atoms with van der Waals surface area (Å²) in [5.41, 5.74) is 0. The first-order valence-corrected chi connectivity index (χ1v) is 5.32. The summed E-state index contributed by atoms with van der Waals surface area (Å²) in [6.07, 6.45) is 0.587. The van der Waals surface area contributed by atoms with Crippen LogP contribution in [-0.2, 0) is 9.59 Å². The second kappa shape index (κ2) is 4.50. The van der Waals surface area contributed by atoms with Gasteiger partial charge in [-0.15, -0.1) is 0 Å². The zero-order valence-corrected chi connectivity index (χ0v) is 8.34. The van der Waals surface area contributed by atoms with Crippen molar-refractivity contribution in [3.05, 3.63) is 0 Å². The van der Waals surface area contributed by atoms with Crippen molar-refractivity contribution in [2.24, 2.45) is 0 Å². The van der Waals surface area contributed by atoms with Gasteiger partial charge in [-0.3, -0.25) is 9.59 Å². The van der Waals surface area contributed by atoms with Crippen LogP contribution in [0.3, 0.4) is 0 Å². The summed E-state index contributed by atoms with van der Waals surface area (Å²) in [5.74, 6) is 0.652. The van der Waals surface area contributed by atoms with Crippen LogP contribution in [0.15, 0.2) is 0 Å². The summed E-state index contributed by atoms with van der Waals surface area (Å²) < 4.78 is 0. The van der Waals surface area contributed by atoms with E-state index in [1.807, 2.05) is 0 Å². The molecule has 0 aliphatic carbocycles. The Hall–Kier alpha value is -0.710. The number of carboxylic acid groups (broad SMARTS) is 1. The molecule has 1 amide bonds. The normalized spacial score (nSPS) is 21.5. The highest BCUT2D eigenvalue weighted by atomic mass is 32.2. The summed E-state index contributed by atoms with van der Waals surface area (Å²) in [7, 11) is 1.68. The molecule has 1 N–H and O–H groups in total.